The van der Waals surface area contributed by atoms with Crippen molar-refractivity contribution in [2.45, 2.75) is 6.54 Å². The third-order valence-corrected chi connectivity index (χ3v) is 3.95. The lowest BCUT2D eigenvalue weighted by atomic mass is 10.2. The van der Waals surface area contributed by atoms with Crippen LogP contribution in [0.2, 0.25) is 0 Å². The van der Waals surface area contributed by atoms with Crippen LogP contribution in [0.1, 0.15) is 5.56 Å². The topological polar surface area (TPSA) is 75.7 Å². The Morgan fingerprint density at radius 1 is 1.00 bits per heavy atom. The Morgan fingerprint density at radius 3 is 2.56 bits per heavy atom. The highest BCUT2D eigenvalue weighted by Gasteiger charge is 2.11. The lowest BCUT2D eigenvalue weighted by molar-refractivity contribution is 0.415. The van der Waals surface area contributed by atoms with Gasteiger partial charge in [-0.25, -0.2) is 15.0 Å². The van der Waals surface area contributed by atoms with Crippen LogP contribution in [0.4, 0.5) is 5.82 Å². The molecule has 0 aliphatic carbocycles. The third kappa shape index (κ3) is 3.14. The molecule has 0 aliphatic heterocycles. The van der Waals surface area contributed by atoms with E-state index in [4.69, 9.17) is 4.74 Å². The minimum atomic E-state index is 0.636. The molecule has 2 N–H and O–H groups in total. The van der Waals surface area contributed by atoms with E-state index in [9.17, 15) is 0 Å². The van der Waals surface area contributed by atoms with Crippen molar-refractivity contribution in [3.05, 3.63) is 66.5 Å². The normalized spacial score (nSPS) is 10.8. The molecule has 6 nitrogen and oxygen atoms in total. The molecule has 0 saturated carbocycles. The van der Waals surface area contributed by atoms with Crippen molar-refractivity contribution in [3.63, 3.8) is 0 Å². The van der Waals surface area contributed by atoms with Gasteiger partial charge < -0.3 is 15.0 Å². The maximum absolute atomic E-state index is 5.19. The van der Waals surface area contributed by atoms with E-state index in [1.54, 1.807) is 7.11 Å². The fraction of sp³-hybridized carbons (Fsp3) is 0.105. The molecule has 2 aromatic carbocycles. The quantitative estimate of drug-likeness (QED) is 0.584. The highest BCUT2D eigenvalue weighted by Crippen LogP contribution is 2.24. The Bertz CT molecular complexity index is 980. The zero-order valence-corrected chi connectivity index (χ0v) is 13.7. The van der Waals surface area contributed by atoms with Crippen molar-refractivity contribution in [1.82, 2.24) is 19.9 Å². The second-order valence-corrected chi connectivity index (χ2v) is 5.57. The molecule has 4 rings (SSSR count). The van der Waals surface area contributed by atoms with Crippen LogP contribution < -0.4 is 10.1 Å². The number of hydrogen-bond acceptors (Lipinski definition) is 5. The first-order valence-electron chi connectivity index (χ1n) is 7.96. The van der Waals surface area contributed by atoms with Gasteiger partial charge in [0.1, 0.15) is 23.4 Å². The Morgan fingerprint density at radius 2 is 1.80 bits per heavy atom. The van der Waals surface area contributed by atoms with E-state index < -0.39 is 0 Å². The number of nitrogens with one attached hydrogen (secondary N) is 2. The number of anilines is 1. The Balaban J connectivity index is 1.63. The Labute approximate surface area is 144 Å². The SMILES string of the molecule is COc1ccc(-c2nc3ncnc(NCc4ccccc4)c3[nH]2)cc1. The summed E-state index contributed by atoms with van der Waals surface area (Å²) in [6.45, 7) is 0.684. The molecule has 2 heterocycles. The van der Waals surface area contributed by atoms with Crippen LogP contribution in [0, 0.1) is 0 Å². The van der Waals surface area contributed by atoms with E-state index in [1.165, 1.54) is 11.9 Å². The molecule has 0 amide bonds. The molecular formula is C19H17N5O. The maximum Gasteiger partial charge on any atom is 0.183 e. The van der Waals surface area contributed by atoms with E-state index in [0.717, 1.165) is 28.5 Å². The van der Waals surface area contributed by atoms with E-state index in [0.29, 0.717) is 12.2 Å². The Hall–Kier alpha value is -3.41. The van der Waals surface area contributed by atoms with E-state index >= 15 is 0 Å². The molecule has 0 aliphatic rings. The van der Waals surface area contributed by atoms with Crippen LogP contribution in [0.25, 0.3) is 22.6 Å². The predicted octanol–water partition coefficient (Wildman–Crippen LogP) is 3.64. The lowest BCUT2D eigenvalue weighted by Crippen LogP contribution is -2.02. The summed E-state index contributed by atoms with van der Waals surface area (Å²) in [5.74, 6) is 2.30. The van der Waals surface area contributed by atoms with Crippen LogP contribution in [-0.2, 0) is 6.54 Å². The minimum absolute atomic E-state index is 0.636. The summed E-state index contributed by atoms with van der Waals surface area (Å²) in [7, 11) is 1.65. The van der Waals surface area contributed by atoms with Gasteiger partial charge in [-0.15, -0.1) is 0 Å². The number of aromatic nitrogens is 4. The van der Waals surface area contributed by atoms with Crippen LogP contribution >= 0.6 is 0 Å². The number of benzene rings is 2. The molecule has 0 spiro atoms. The molecule has 0 unspecified atom stereocenters. The average molecular weight is 331 g/mol. The molecule has 4 aromatic rings. The summed E-state index contributed by atoms with van der Waals surface area (Å²) in [6.07, 6.45) is 1.52. The molecule has 0 fully saturated rings. The summed E-state index contributed by atoms with van der Waals surface area (Å²) in [6, 6.07) is 17.9. The van der Waals surface area contributed by atoms with Crippen molar-refractivity contribution in [2.75, 3.05) is 12.4 Å². The maximum atomic E-state index is 5.19. The third-order valence-electron chi connectivity index (χ3n) is 3.95. The number of H-pyrrole nitrogens is 1. The van der Waals surface area contributed by atoms with Gasteiger partial charge in [0.15, 0.2) is 11.5 Å². The summed E-state index contributed by atoms with van der Waals surface area (Å²) in [5.41, 5.74) is 3.58. The van der Waals surface area contributed by atoms with E-state index in [-0.39, 0.29) is 0 Å². The second kappa shape index (κ2) is 6.60. The number of methoxy groups -OCH3 is 1. The summed E-state index contributed by atoms with van der Waals surface area (Å²) in [5, 5.41) is 3.34. The van der Waals surface area contributed by atoms with Gasteiger partial charge in [0, 0.05) is 12.1 Å². The number of nitrogens with zero attached hydrogens (tertiary/aromatic N) is 3. The number of hydrogen-bond donors (Lipinski definition) is 2. The number of aromatic amines is 1. The Kier molecular flexibility index (Phi) is 4.00. The molecule has 6 heteroatoms. The smallest absolute Gasteiger partial charge is 0.183 e. The molecule has 0 radical (unpaired) electrons. The molecule has 25 heavy (non-hydrogen) atoms. The van der Waals surface area contributed by atoms with Gasteiger partial charge in [0.05, 0.1) is 7.11 Å². The molecular weight excluding hydrogens is 314 g/mol. The average Bonchev–Trinajstić information content (AvgIpc) is 3.12. The number of rotatable bonds is 5. The van der Waals surface area contributed by atoms with Crippen LogP contribution in [0.15, 0.2) is 60.9 Å². The van der Waals surface area contributed by atoms with Gasteiger partial charge in [0.2, 0.25) is 0 Å². The first kappa shape index (κ1) is 15.1. The van der Waals surface area contributed by atoms with Crippen LogP contribution in [0.5, 0.6) is 5.75 Å². The number of imidazole rings is 1. The molecule has 0 atom stereocenters. The van der Waals surface area contributed by atoms with Gasteiger partial charge >= 0.3 is 0 Å². The van der Waals surface area contributed by atoms with Gasteiger partial charge in [-0.2, -0.15) is 0 Å². The highest BCUT2D eigenvalue weighted by molar-refractivity contribution is 5.85. The monoisotopic (exact) mass is 331 g/mol. The molecule has 0 bridgehead atoms. The fourth-order valence-corrected chi connectivity index (χ4v) is 2.63. The zero-order valence-electron chi connectivity index (χ0n) is 13.7. The summed E-state index contributed by atoms with van der Waals surface area (Å²) >= 11 is 0. The van der Waals surface area contributed by atoms with Crippen molar-refractivity contribution in [3.8, 4) is 17.1 Å². The van der Waals surface area contributed by atoms with Gasteiger partial charge in [-0.3, -0.25) is 0 Å². The van der Waals surface area contributed by atoms with E-state index in [2.05, 4.69) is 37.4 Å². The minimum Gasteiger partial charge on any atom is -0.497 e. The molecule has 124 valence electrons. The summed E-state index contributed by atoms with van der Waals surface area (Å²) < 4.78 is 5.19. The first-order valence-corrected chi connectivity index (χ1v) is 7.96. The summed E-state index contributed by atoms with van der Waals surface area (Å²) in [4.78, 5) is 16.5. The first-order chi connectivity index (χ1) is 12.3. The molecule has 2 aromatic heterocycles. The number of ether oxygens (including phenoxy) is 1. The van der Waals surface area contributed by atoms with Crippen molar-refractivity contribution in [1.29, 1.82) is 0 Å². The van der Waals surface area contributed by atoms with Crippen LogP contribution in [-0.4, -0.2) is 27.0 Å². The van der Waals surface area contributed by atoms with Gasteiger partial charge in [0.25, 0.3) is 0 Å². The van der Waals surface area contributed by atoms with Crippen molar-refractivity contribution in [2.24, 2.45) is 0 Å². The predicted molar refractivity (Wildman–Crippen MR) is 97.4 cm³/mol. The van der Waals surface area contributed by atoms with Gasteiger partial charge in [-0.05, 0) is 29.8 Å². The largest absolute Gasteiger partial charge is 0.497 e. The zero-order chi connectivity index (χ0) is 17.1. The van der Waals surface area contributed by atoms with Crippen molar-refractivity contribution < 1.29 is 4.74 Å². The lowest BCUT2D eigenvalue weighted by Gasteiger charge is -2.05. The number of fused-ring (bicyclic) bond motifs is 1. The van der Waals surface area contributed by atoms with E-state index in [1.807, 2.05) is 42.5 Å². The highest BCUT2D eigenvalue weighted by atomic mass is 16.5. The van der Waals surface area contributed by atoms with Crippen LogP contribution in [0.3, 0.4) is 0 Å². The standard InChI is InChI=1S/C19H17N5O/c1-25-15-9-7-14(8-10-15)17-23-16-18(21-12-22-19(16)24-17)20-11-13-5-3-2-4-6-13/h2-10,12H,11H2,1H3,(H2,20,21,22,23,24). The fourth-order valence-electron chi connectivity index (χ4n) is 2.63. The van der Waals surface area contributed by atoms with Crippen molar-refractivity contribution >= 4 is 17.0 Å². The molecule has 0 saturated heterocycles. The second-order valence-electron chi connectivity index (χ2n) is 5.57. The van der Waals surface area contributed by atoms with Gasteiger partial charge in [-0.1, -0.05) is 30.3 Å².